The summed E-state index contributed by atoms with van der Waals surface area (Å²) in [4.78, 5) is 0. The maximum Gasteiger partial charge on any atom is 0.123 e. The molecule has 1 N–H and O–H groups in total. The second kappa shape index (κ2) is 8.80. The third-order valence-corrected chi connectivity index (χ3v) is 4.13. The fourth-order valence-electron chi connectivity index (χ4n) is 2.56. The highest BCUT2D eigenvalue weighted by Gasteiger charge is 2.18. The molecule has 136 valence electrons. The van der Waals surface area contributed by atoms with Crippen molar-refractivity contribution in [2.24, 2.45) is 0 Å². The second-order valence-electron chi connectivity index (χ2n) is 7.39. The molecule has 25 heavy (non-hydrogen) atoms. The highest BCUT2D eigenvalue weighted by atomic mass is 16.5. The average molecular weight is 341 g/mol. The molecule has 0 saturated heterocycles. The van der Waals surface area contributed by atoms with Crippen LogP contribution >= 0.6 is 0 Å². The number of hydrogen-bond donors (Lipinski definition) is 1. The van der Waals surface area contributed by atoms with Gasteiger partial charge in [0.05, 0.1) is 6.10 Å². The van der Waals surface area contributed by atoms with Gasteiger partial charge in [0.2, 0.25) is 0 Å². The molecular weight excluding hydrogens is 310 g/mol. The third kappa shape index (κ3) is 6.00. The summed E-state index contributed by atoms with van der Waals surface area (Å²) in [6.07, 6.45) is 1.23. The zero-order chi connectivity index (χ0) is 18.3. The van der Waals surface area contributed by atoms with Crippen molar-refractivity contribution in [1.82, 2.24) is 0 Å². The van der Waals surface area contributed by atoms with Crippen LogP contribution < -0.4 is 14.8 Å². The summed E-state index contributed by atoms with van der Waals surface area (Å²) in [6, 6.07) is 16.4. The molecule has 0 bridgehead atoms. The van der Waals surface area contributed by atoms with Gasteiger partial charge in [0, 0.05) is 18.3 Å². The van der Waals surface area contributed by atoms with Gasteiger partial charge in [-0.2, -0.15) is 0 Å². The molecular formula is C22H31NO2. The predicted octanol–water partition coefficient (Wildman–Crippen LogP) is 5.65. The van der Waals surface area contributed by atoms with Crippen molar-refractivity contribution in [3.8, 4) is 11.5 Å². The van der Waals surface area contributed by atoms with E-state index in [1.807, 2.05) is 36.4 Å². The molecule has 0 aliphatic carbocycles. The predicted molar refractivity (Wildman–Crippen MR) is 106 cm³/mol. The monoisotopic (exact) mass is 341 g/mol. The van der Waals surface area contributed by atoms with Gasteiger partial charge in [-0.3, -0.25) is 0 Å². The SMILES string of the molecule is CCC(C)Oc1cccc(NCCOc2ccccc2C(C)(C)C)c1. The molecule has 0 fully saturated rings. The fourth-order valence-corrected chi connectivity index (χ4v) is 2.56. The summed E-state index contributed by atoms with van der Waals surface area (Å²) in [5, 5.41) is 3.40. The molecule has 0 aromatic heterocycles. The first-order valence-electron chi connectivity index (χ1n) is 9.13. The number of rotatable bonds is 8. The van der Waals surface area contributed by atoms with E-state index < -0.39 is 0 Å². The lowest BCUT2D eigenvalue weighted by molar-refractivity contribution is 0.217. The lowest BCUT2D eigenvalue weighted by Gasteiger charge is -2.22. The van der Waals surface area contributed by atoms with E-state index in [1.54, 1.807) is 0 Å². The van der Waals surface area contributed by atoms with Crippen LogP contribution in [0.25, 0.3) is 0 Å². The molecule has 0 heterocycles. The molecule has 2 aromatic carbocycles. The largest absolute Gasteiger partial charge is 0.491 e. The first-order chi connectivity index (χ1) is 11.9. The van der Waals surface area contributed by atoms with Gasteiger partial charge in [-0.05, 0) is 42.5 Å². The zero-order valence-electron chi connectivity index (χ0n) is 16.1. The fraction of sp³-hybridized carbons (Fsp3) is 0.455. The van der Waals surface area contributed by atoms with Crippen molar-refractivity contribution in [3.63, 3.8) is 0 Å². The lowest BCUT2D eigenvalue weighted by Crippen LogP contribution is -2.16. The minimum Gasteiger partial charge on any atom is -0.491 e. The molecule has 0 amide bonds. The van der Waals surface area contributed by atoms with Gasteiger partial charge in [-0.25, -0.2) is 0 Å². The molecule has 0 aliphatic rings. The van der Waals surface area contributed by atoms with Gasteiger partial charge in [0.1, 0.15) is 18.1 Å². The van der Waals surface area contributed by atoms with E-state index in [2.05, 4.69) is 52.1 Å². The van der Waals surface area contributed by atoms with Crippen molar-refractivity contribution in [1.29, 1.82) is 0 Å². The van der Waals surface area contributed by atoms with Gasteiger partial charge >= 0.3 is 0 Å². The Hall–Kier alpha value is -2.16. The molecule has 1 atom stereocenters. The number of nitrogens with one attached hydrogen (secondary N) is 1. The minimum absolute atomic E-state index is 0.0751. The van der Waals surface area contributed by atoms with E-state index in [-0.39, 0.29) is 11.5 Å². The quantitative estimate of drug-likeness (QED) is 0.629. The van der Waals surface area contributed by atoms with Crippen LogP contribution in [0.5, 0.6) is 11.5 Å². The Labute approximate surface area is 152 Å². The first kappa shape index (κ1) is 19.2. The Kier molecular flexibility index (Phi) is 6.74. The van der Waals surface area contributed by atoms with Crippen LogP contribution in [-0.4, -0.2) is 19.3 Å². The van der Waals surface area contributed by atoms with E-state index in [1.165, 1.54) is 5.56 Å². The minimum atomic E-state index is 0.0751. The van der Waals surface area contributed by atoms with E-state index in [4.69, 9.17) is 9.47 Å². The summed E-state index contributed by atoms with van der Waals surface area (Å²) in [5.74, 6) is 1.86. The molecule has 0 radical (unpaired) electrons. The van der Waals surface area contributed by atoms with Crippen molar-refractivity contribution < 1.29 is 9.47 Å². The van der Waals surface area contributed by atoms with Crippen LogP contribution in [-0.2, 0) is 5.41 Å². The number of hydrogen-bond acceptors (Lipinski definition) is 3. The topological polar surface area (TPSA) is 30.5 Å². The Balaban J connectivity index is 1.87. The summed E-state index contributed by atoms with van der Waals surface area (Å²) < 4.78 is 11.9. The van der Waals surface area contributed by atoms with Crippen molar-refractivity contribution in [2.45, 2.75) is 52.6 Å². The normalized spacial score (nSPS) is 12.5. The Morgan fingerprint density at radius 1 is 1.04 bits per heavy atom. The zero-order valence-corrected chi connectivity index (χ0v) is 16.1. The summed E-state index contributed by atoms with van der Waals surface area (Å²) in [5.41, 5.74) is 2.36. The Morgan fingerprint density at radius 2 is 1.80 bits per heavy atom. The maximum absolute atomic E-state index is 6.00. The van der Waals surface area contributed by atoms with Crippen molar-refractivity contribution >= 4 is 5.69 Å². The van der Waals surface area contributed by atoms with E-state index in [0.29, 0.717) is 6.61 Å². The third-order valence-electron chi connectivity index (χ3n) is 4.13. The van der Waals surface area contributed by atoms with Crippen LogP contribution in [0.1, 0.15) is 46.6 Å². The van der Waals surface area contributed by atoms with Crippen LogP contribution in [0.3, 0.4) is 0 Å². The molecule has 2 aromatic rings. The molecule has 0 saturated carbocycles. The van der Waals surface area contributed by atoms with E-state index >= 15 is 0 Å². The molecule has 0 spiro atoms. The second-order valence-corrected chi connectivity index (χ2v) is 7.39. The van der Waals surface area contributed by atoms with Gasteiger partial charge in [0.25, 0.3) is 0 Å². The van der Waals surface area contributed by atoms with E-state index in [0.717, 1.165) is 30.2 Å². The standard InChI is InChI=1S/C22H31NO2/c1-6-17(2)25-19-11-9-10-18(16-19)23-14-15-24-21-13-8-7-12-20(21)22(3,4)5/h7-13,16-17,23H,6,14-15H2,1-5H3. The summed E-state index contributed by atoms with van der Waals surface area (Å²) >= 11 is 0. The van der Waals surface area contributed by atoms with E-state index in [9.17, 15) is 0 Å². The number of anilines is 1. The molecule has 0 aliphatic heterocycles. The van der Waals surface area contributed by atoms with Crippen LogP contribution in [0.15, 0.2) is 48.5 Å². The van der Waals surface area contributed by atoms with Gasteiger partial charge in [0.15, 0.2) is 0 Å². The summed E-state index contributed by atoms with van der Waals surface area (Å²) in [6.45, 7) is 12.2. The van der Waals surface area contributed by atoms with Crippen molar-refractivity contribution in [2.75, 3.05) is 18.5 Å². The highest BCUT2D eigenvalue weighted by molar-refractivity contribution is 5.48. The first-order valence-corrected chi connectivity index (χ1v) is 9.13. The number of para-hydroxylation sites is 1. The van der Waals surface area contributed by atoms with Crippen LogP contribution in [0, 0.1) is 0 Å². The smallest absolute Gasteiger partial charge is 0.123 e. The van der Waals surface area contributed by atoms with Gasteiger partial charge < -0.3 is 14.8 Å². The molecule has 3 nitrogen and oxygen atoms in total. The van der Waals surface area contributed by atoms with Crippen LogP contribution in [0.4, 0.5) is 5.69 Å². The summed E-state index contributed by atoms with van der Waals surface area (Å²) in [7, 11) is 0. The Morgan fingerprint density at radius 3 is 2.52 bits per heavy atom. The van der Waals surface area contributed by atoms with Crippen LogP contribution in [0.2, 0.25) is 0 Å². The van der Waals surface area contributed by atoms with Crippen molar-refractivity contribution in [3.05, 3.63) is 54.1 Å². The average Bonchev–Trinajstić information content (AvgIpc) is 2.58. The molecule has 2 rings (SSSR count). The highest BCUT2D eigenvalue weighted by Crippen LogP contribution is 2.30. The van der Waals surface area contributed by atoms with Gasteiger partial charge in [-0.1, -0.05) is 52.0 Å². The molecule has 3 heteroatoms. The molecule has 1 unspecified atom stereocenters. The maximum atomic E-state index is 6.00. The number of benzene rings is 2. The number of ether oxygens (including phenoxy) is 2. The van der Waals surface area contributed by atoms with Gasteiger partial charge in [-0.15, -0.1) is 0 Å². The Bertz CT molecular complexity index is 661. The lowest BCUT2D eigenvalue weighted by atomic mass is 9.86.